The fourth-order valence-electron chi connectivity index (χ4n) is 2.81. The van der Waals surface area contributed by atoms with Crippen LogP contribution in [0.2, 0.25) is 0 Å². The molecule has 2 aromatic rings. The topological polar surface area (TPSA) is 91.4 Å². The number of carbonyl (C=O) groups is 1. The van der Waals surface area contributed by atoms with E-state index in [4.69, 9.17) is 0 Å². The third-order valence-corrected chi connectivity index (χ3v) is 5.85. The molecule has 0 bridgehead atoms. The third-order valence-electron chi connectivity index (χ3n) is 4.29. The third kappa shape index (κ3) is 4.81. The second-order valence-corrected chi connectivity index (χ2v) is 8.10. The summed E-state index contributed by atoms with van der Waals surface area (Å²) >= 11 is 0. The minimum atomic E-state index is -3.93. The highest BCUT2D eigenvalue weighted by atomic mass is 32.2. The molecule has 1 aliphatic rings. The van der Waals surface area contributed by atoms with E-state index in [1.54, 1.807) is 12.3 Å². The molecular weight excluding hydrogens is 371 g/mol. The predicted octanol–water partition coefficient (Wildman–Crippen LogP) is 2.13. The Morgan fingerprint density at radius 1 is 1.15 bits per heavy atom. The number of pyridine rings is 1. The maximum absolute atomic E-state index is 12.9. The minimum absolute atomic E-state index is 0.111. The number of rotatable bonds is 6. The number of halogens is 1. The van der Waals surface area contributed by atoms with Gasteiger partial charge in [0.25, 0.3) is 0 Å². The molecule has 1 aromatic heterocycles. The number of hydrogen-bond donors (Lipinski definition) is 2. The first kappa shape index (κ1) is 19.2. The van der Waals surface area contributed by atoms with Gasteiger partial charge >= 0.3 is 0 Å². The van der Waals surface area contributed by atoms with Gasteiger partial charge in [-0.25, -0.2) is 17.8 Å². The molecule has 1 aromatic carbocycles. The van der Waals surface area contributed by atoms with Crippen LogP contribution in [0.5, 0.6) is 0 Å². The number of benzene rings is 1. The lowest BCUT2D eigenvalue weighted by Gasteiger charge is -2.17. The molecule has 9 heteroatoms. The molecule has 3 rings (SSSR count). The maximum Gasteiger partial charge on any atom is 0.242 e. The molecule has 144 valence electrons. The van der Waals surface area contributed by atoms with Gasteiger partial charge in [0.1, 0.15) is 11.6 Å². The zero-order chi connectivity index (χ0) is 19.4. The molecule has 1 saturated heterocycles. The van der Waals surface area contributed by atoms with Crippen LogP contribution in [0.15, 0.2) is 47.5 Å². The maximum atomic E-state index is 12.9. The van der Waals surface area contributed by atoms with Crippen molar-refractivity contribution in [3.63, 3.8) is 0 Å². The van der Waals surface area contributed by atoms with Gasteiger partial charge in [-0.15, -0.1) is 0 Å². The van der Waals surface area contributed by atoms with E-state index in [2.05, 4.69) is 19.9 Å². The summed E-state index contributed by atoms with van der Waals surface area (Å²) in [5.41, 5.74) is 0.482. The highest BCUT2D eigenvalue weighted by molar-refractivity contribution is 7.89. The first-order valence-electron chi connectivity index (χ1n) is 8.65. The summed E-state index contributed by atoms with van der Waals surface area (Å²) in [5, 5.41) is 2.64. The van der Waals surface area contributed by atoms with Gasteiger partial charge in [-0.1, -0.05) is 0 Å². The zero-order valence-corrected chi connectivity index (χ0v) is 15.7. The van der Waals surface area contributed by atoms with E-state index in [0.29, 0.717) is 5.69 Å². The molecule has 1 atom stereocenters. The Morgan fingerprint density at radius 2 is 1.81 bits per heavy atom. The second kappa shape index (κ2) is 8.01. The fourth-order valence-corrected chi connectivity index (χ4v) is 4.01. The van der Waals surface area contributed by atoms with Gasteiger partial charge in [-0.3, -0.25) is 4.79 Å². The Balaban J connectivity index is 1.60. The van der Waals surface area contributed by atoms with Crippen LogP contribution in [-0.4, -0.2) is 38.4 Å². The van der Waals surface area contributed by atoms with Crippen LogP contribution in [0.3, 0.4) is 0 Å². The van der Waals surface area contributed by atoms with Gasteiger partial charge in [0.05, 0.1) is 22.8 Å². The molecule has 2 N–H and O–H groups in total. The monoisotopic (exact) mass is 392 g/mol. The first-order valence-corrected chi connectivity index (χ1v) is 10.1. The molecule has 7 nitrogen and oxygen atoms in total. The van der Waals surface area contributed by atoms with Crippen molar-refractivity contribution in [3.8, 4) is 0 Å². The van der Waals surface area contributed by atoms with Crippen molar-refractivity contribution in [2.24, 2.45) is 0 Å². The van der Waals surface area contributed by atoms with Crippen LogP contribution >= 0.6 is 0 Å². The Morgan fingerprint density at radius 3 is 2.41 bits per heavy atom. The van der Waals surface area contributed by atoms with E-state index in [1.165, 1.54) is 6.92 Å². The van der Waals surface area contributed by atoms with Crippen LogP contribution < -0.4 is 14.9 Å². The summed E-state index contributed by atoms with van der Waals surface area (Å²) in [4.78, 5) is 18.7. The minimum Gasteiger partial charge on any atom is -0.357 e. The van der Waals surface area contributed by atoms with Gasteiger partial charge in [-0.2, -0.15) is 4.72 Å². The average molecular weight is 392 g/mol. The van der Waals surface area contributed by atoms with Crippen molar-refractivity contribution in [2.45, 2.75) is 30.7 Å². The van der Waals surface area contributed by atoms with Crippen molar-refractivity contribution in [1.29, 1.82) is 0 Å². The quantitative estimate of drug-likeness (QED) is 0.786. The molecule has 0 radical (unpaired) electrons. The van der Waals surface area contributed by atoms with Crippen molar-refractivity contribution in [2.75, 3.05) is 23.3 Å². The van der Waals surface area contributed by atoms with Crippen LogP contribution in [-0.2, 0) is 14.8 Å². The van der Waals surface area contributed by atoms with E-state index in [0.717, 1.165) is 56.0 Å². The molecular formula is C18H21FN4O3S. The Kier molecular flexibility index (Phi) is 5.71. The van der Waals surface area contributed by atoms with Crippen molar-refractivity contribution in [3.05, 3.63) is 48.4 Å². The van der Waals surface area contributed by atoms with Gasteiger partial charge in [0.2, 0.25) is 15.9 Å². The summed E-state index contributed by atoms with van der Waals surface area (Å²) in [6.45, 7) is 3.38. The molecule has 2 heterocycles. The number of nitrogens with zero attached hydrogens (tertiary/aromatic N) is 2. The Bertz CT molecular complexity index is 895. The van der Waals surface area contributed by atoms with Gasteiger partial charge in [-0.05, 0) is 56.2 Å². The molecule has 1 fully saturated rings. The predicted molar refractivity (Wildman–Crippen MR) is 100 cm³/mol. The molecule has 0 spiro atoms. The van der Waals surface area contributed by atoms with Crippen molar-refractivity contribution < 1.29 is 17.6 Å². The molecule has 1 amide bonds. The number of sulfonamides is 1. The summed E-state index contributed by atoms with van der Waals surface area (Å²) in [6.07, 6.45) is 3.84. The first-order chi connectivity index (χ1) is 12.8. The molecule has 0 unspecified atom stereocenters. The molecule has 0 saturated carbocycles. The highest BCUT2D eigenvalue weighted by Gasteiger charge is 2.22. The average Bonchev–Trinajstić information content (AvgIpc) is 3.17. The van der Waals surface area contributed by atoms with Crippen molar-refractivity contribution in [1.82, 2.24) is 9.71 Å². The van der Waals surface area contributed by atoms with E-state index >= 15 is 0 Å². The summed E-state index contributed by atoms with van der Waals surface area (Å²) in [5.74, 6) is -0.198. The fraction of sp³-hybridized carbons (Fsp3) is 0.333. The number of anilines is 2. The number of aromatic nitrogens is 1. The Hall–Kier alpha value is -2.52. The Labute approximate surface area is 157 Å². The number of amides is 1. The normalized spacial score (nSPS) is 15.6. The van der Waals surface area contributed by atoms with Gasteiger partial charge in [0, 0.05) is 13.1 Å². The lowest BCUT2D eigenvalue weighted by molar-refractivity contribution is -0.117. The van der Waals surface area contributed by atoms with Gasteiger partial charge < -0.3 is 10.2 Å². The molecule has 0 aliphatic carbocycles. The number of hydrogen-bond acceptors (Lipinski definition) is 5. The van der Waals surface area contributed by atoms with E-state index in [9.17, 15) is 17.6 Å². The lowest BCUT2D eigenvalue weighted by Crippen LogP contribution is -2.41. The van der Waals surface area contributed by atoms with Crippen LogP contribution in [0.4, 0.5) is 15.9 Å². The molecule has 1 aliphatic heterocycles. The van der Waals surface area contributed by atoms with E-state index < -0.39 is 27.8 Å². The van der Waals surface area contributed by atoms with Crippen LogP contribution in [0.1, 0.15) is 19.8 Å². The largest absolute Gasteiger partial charge is 0.357 e. The van der Waals surface area contributed by atoms with E-state index in [-0.39, 0.29) is 4.90 Å². The number of carbonyl (C=O) groups excluding carboxylic acids is 1. The SMILES string of the molecule is C[C@H](NS(=O)(=O)c1ccc(F)cc1)C(=O)Nc1ccc(N2CCCC2)nc1. The van der Waals surface area contributed by atoms with Crippen LogP contribution in [0.25, 0.3) is 0 Å². The summed E-state index contributed by atoms with van der Waals surface area (Å²) in [7, 11) is -3.93. The lowest BCUT2D eigenvalue weighted by atomic mass is 10.3. The zero-order valence-electron chi connectivity index (χ0n) is 14.9. The van der Waals surface area contributed by atoms with Crippen LogP contribution in [0, 0.1) is 5.82 Å². The smallest absolute Gasteiger partial charge is 0.242 e. The summed E-state index contributed by atoms with van der Waals surface area (Å²) < 4.78 is 39.8. The number of nitrogens with one attached hydrogen (secondary N) is 2. The second-order valence-electron chi connectivity index (χ2n) is 6.39. The highest BCUT2D eigenvalue weighted by Crippen LogP contribution is 2.19. The van der Waals surface area contributed by atoms with Crippen molar-refractivity contribution >= 4 is 27.4 Å². The standard InChI is InChI=1S/C18H21FN4O3S/c1-13(22-27(25,26)16-7-4-14(19)5-8-16)18(24)21-15-6-9-17(20-12-15)23-10-2-3-11-23/h4-9,12-13,22H,2-3,10-11H2,1H3,(H,21,24)/t13-/m0/s1. The van der Waals surface area contributed by atoms with Gasteiger partial charge in [0.15, 0.2) is 0 Å². The summed E-state index contributed by atoms with van der Waals surface area (Å²) in [6, 6.07) is 6.93. The molecule has 27 heavy (non-hydrogen) atoms. The van der Waals surface area contributed by atoms with E-state index in [1.807, 2.05) is 6.07 Å².